The number of amidine groups is 1. The maximum absolute atomic E-state index is 13.1. The first kappa shape index (κ1) is 22.6. The summed E-state index contributed by atoms with van der Waals surface area (Å²) >= 11 is 1.34. The van der Waals surface area contributed by atoms with E-state index in [2.05, 4.69) is 13.8 Å². The fourth-order valence-electron chi connectivity index (χ4n) is 3.36. The van der Waals surface area contributed by atoms with Gasteiger partial charge in [0, 0.05) is 18.2 Å². The number of furan rings is 1. The summed E-state index contributed by atoms with van der Waals surface area (Å²) in [7, 11) is 1.35. The van der Waals surface area contributed by atoms with E-state index >= 15 is 0 Å². The maximum atomic E-state index is 13.1. The highest BCUT2D eigenvalue weighted by Crippen LogP contribution is 2.35. The van der Waals surface area contributed by atoms with Gasteiger partial charge in [0.1, 0.15) is 11.5 Å². The molecule has 2 aromatic carbocycles. The number of thioether (sulfide) groups is 1. The zero-order valence-electron chi connectivity index (χ0n) is 18.6. The van der Waals surface area contributed by atoms with Crippen molar-refractivity contribution in [2.45, 2.75) is 13.8 Å². The minimum Gasteiger partial charge on any atom is -0.465 e. The van der Waals surface area contributed by atoms with E-state index in [1.165, 1.54) is 18.9 Å². The molecular formula is C26H24N2O4S. The van der Waals surface area contributed by atoms with Gasteiger partial charge in [0.15, 0.2) is 5.17 Å². The molecule has 1 saturated heterocycles. The smallest absolute Gasteiger partial charge is 0.337 e. The van der Waals surface area contributed by atoms with E-state index < -0.39 is 5.97 Å². The van der Waals surface area contributed by atoms with Gasteiger partial charge in [-0.1, -0.05) is 44.2 Å². The molecule has 1 aromatic heterocycles. The summed E-state index contributed by atoms with van der Waals surface area (Å²) in [5.41, 5.74) is 1.99. The van der Waals surface area contributed by atoms with E-state index in [9.17, 15) is 9.59 Å². The lowest BCUT2D eigenvalue weighted by Crippen LogP contribution is -2.32. The molecule has 0 N–H and O–H groups in total. The van der Waals surface area contributed by atoms with Crippen molar-refractivity contribution in [1.82, 2.24) is 4.90 Å². The summed E-state index contributed by atoms with van der Waals surface area (Å²) in [6, 6.07) is 20.2. The van der Waals surface area contributed by atoms with E-state index in [1.807, 2.05) is 42.5 Å². The van der Waals surface area contributed by atoms with Crippen LogP contribution >= 0.6 is 11.8 Å². The second-order valence-electron chi connectivity index (χ2n) is 7.92. The number of carbonyl (C=O) groups excluding carboxylic acids is 2. The summed E-state index contributed by atoms with van der Waals surface area (Å²) < 4.78 is 10.8. The van der Waals surface area contributed by atoms with Crippen molar-refractivity contribution in [3.63, 3.8) is 0 Å². The molecule has 0 saturated carbocycles. The number of methoxy groups -OCH3 is 1. The van der Waals surface area contributed by atoms with Gasteiger partial charge in [0.05, 0.1) is 23.3 Å². The lowest BCUT2D eigenvalue weighted by molar-refractivity contribution is -0.122. The van der Waals surface area contributed by atoms with Crippen LogP contribution in [0, 0.1) is 5.92 Å². The van der Waals surface area contributed by atoms with Crippen LogP contribution in [-0.2, 0) is 9.53 Å². The Labute approximate surface area is 197 Å². The molecule has 4 rings (SSSR count). The Balaban J connectivity index is 1.62. The highest BCUT2D eigenvalue weighted by molar-refractivity contribution is 8.18. The van der Waals surface area contributed by atoms with Crippen molar-refractivity contribution >= 4 is 40.6 Å². The molecule has 3 aromatic rings. The molecule has 7 heteroatoms. The third-order valence-corrected chi connectivity index (χ3v) is 5.89. The van der Waals surface area contributed by atoms with E-state index in [1.54, 1.807) is 35.2 Å². The maximum Gasteiger partial charge on any atom is 0.337 e. The molecule has 0 aliphatic carbocycles. The first-order valence-corrected chi connectivity index (χ1v) is 11.4. The number of hydrogen-bond donors (Lipinski definition) is 0. The number of benzene rings is 2. The molecule has 2 heterocycles. The highest BCUT2D eigenvalue weighted by Gasteiger charge is 2.34. The van der Waals surface area contributed by atoms with Crippen LogP contribution in [0.15, 0.2) is 81.0 Å². The van der Waals surface area contributed by atoms with Gasteiger partial charge in [-0.3, -0.25) is 9.69 Å². The second-order valence-corrected chi connectivity index (χ2v) is 8.93. The molecule has 0 atom stereocenters. The van der Waals surface area contributed by atoms with Crippen LogP contribution in [-0.4, -0.2) is 35.6 Å². The largest absolute Gasteiger partial charge is 0.465 e. The molecule has 0 radical (unpaired) electrons. The number of esters is 1. The predicted octanol–water partition coefficient (Wildman–Crippen LogP) is 5.99. The molecule has 1 aliphatic heterocycles. The number of aliphatic imine (C=N–C) groups is 1. The SMILES string of the molecule is COC(=O)c1cccc(-c2ccc(/C=C3/SC(=Nc4ccccc4)N(CC(C)C)C3=O)o2)c1. The zero-order chi connectivity index (χ0) is 23.4. The van der Waals surface area contributed by atoms with Crippen LogP contribution in [0.5, 0.6) is 0 Å². The van der Waals surface area contributed by atoms with Crippen molar-refractivity contribution in [2.75, 3.05) is 13.7 Å². The van der Waals surface area contributed by atoms with Crippen molar-refractivity contribution in [2.24, 2.45) is 10.9 Å². The fourth-order valence-corrected chi connectivity index (χ4v) is 4.35. The second kappa shape index (κ2) is 9.92. The molecule has 0 unspecified atom stereocenters. The molecule has 168 valence electrons. The molecule has 6 nitrogen and oxygen atoms in total. The summed E-state index contributed by atoms with van der Waals surface area (Å²) in [6.07, 6.45) is 1.74. The topological polar surface area (TPSA) is 72.1 Å². The third-order valence-electron chi connectivity index (χ3n) is 4.89. The van der Waals surface area contributed by atoms with Crippen LogP contribution in [0.1, 0.15) is 30.0 Å². The van der Waals surface area contributed by atoms with E-state index in [0.717, 1.165) is 11.3 Å². The van der Waals surface area contributed by atoms with Gasteiger partial charge >= 0.3 is 5.97 Å². The van der Waals surface area contributed by atoms with Crippen molar-refractivity contribution in [3.8, 4) is 11.3 Å². The van der Waals surface area contributed by atoms with Crippen LogP contribution in [0.2, 0.25) is 0 Å². The zero-order valence-corrected chi connectivity index (χ0v) is 19.5. The number of hydrogen-bond acceptors (Lipinski definition) is 6. The third kappa shape index (κ3) is 5.26. The molecule has 1 fully saturated rings. The van der Waals surface area contributed by atoms with Gasteiger partial charge in [-0.25, -0.2) is 9.79 Å². The fraction of sp³-hybridized carbons (Fsp3) is 0.192. The molecule has 1 aliphatic rings. The minimum atomic E-state index is -0.408. The predicted molar refractivity (Wildman–Crippen MR) is 131 cm³/mol. The molecule has 0 bridgehead atoms. The molecule has 33 heavy (non-hydrogen) atoms. The lowest BCUT2D eigenvalue weighted by atomic mass is 10.1. The standard InChI is InChI=1S/C26H24N2O4S/c1-17(2)16-28-24(29)23(33-26(28)27-20-10-5-4-6-11-20)15-21-12-13-22(32-21)18-8-7-9-19(14-18)25(30)31-3/h4-15,17H,16H2,1-3H3/b23-15+,27-26?. The first-order chi connectivity index (χ1) is 15.9. The monoisotopic (exact) mass is 460 g/mol. The minimum absolute atomic E-state index is 0.0889. The molecule has 0 spiro atoms. The Morgan fingerprint density at radius 2 is 1.91 bits per heavy atom. The van der Waals surface area contributed by atoms with Gasteiger partial charge < -0.3 is 9.15 Å². The van der Waals surface area contributed by atoms with E-state index in [-0.39, 0.29) is 5.91 Å². The van der Waals surface area contributed by atoms with Gasteiger partial charge in [0.2, 0.25) is 0 Å². The summed E-state index contributed by atoms with van der Waals surface area (Å²) in [6.45, 7) is 4.72. The van der Waals surface area contributed by atoms with Gasteiger partial charge in [0.25, 0.3) is 5.91 Å². The Morgan fingerprint density at radius 1 is 1.12 bits per heavy atom. The summed E-state index contributed by atoms with van der Waals surface area (Å²) in [5.74, 6) is 0.949. The molecular weight excluding hydrogens is 436 g/mol. The first-order valence-electron chi connectivity index (χ1n) is 10.6. The average molecular weight is 461 g/mol. The van der Waals surface area contributed by atoms with Gasteiger partial charge in [-0.2, -0.15) is 0 Å². The van der Waals surface area contributed by atoms with Crippen molar-refractivity contribution in [3.05, 3.63) is 83.0 Å². The van der Waals surface area contributed by atoms with Crippen LogP contribution in [0.4, 0.5) is 5.69 Å². The van der Waals surface area contributed by atoms with Crippen LogP contribution in [0.3, 0.4) is 0 Å². The van der Waals surface area contributed by atoms with Crippen molar-refractivity contribution in [1.29, 1.82) is 0 Å². The average Bonchev–Trinajstić information content (AvgIpc) is 3.40. The van der Waals surface area contributed by atoms with E-state index in [4.69, 9.17) is 14.1 Å². The number of nitrogens with zero attached hydrogens (tertiary/aromatic N) is 2. The van der Waals surface area contributed by atoms with Crippen LogP contribution < -0.4 is 0 Å². The number of amides is 1. The van der Waals surface area contributed by atoms with Crippen LogP contribution in [0.25, 0.3) is 17.4 Å². The number of ether oxygens (including phenoxy) is 1. The van der Waals surface area contributed by atoms with Gasteiger partial charge in [-0.15, -0.1) is 0 Å². The number of para-hydroxylation sites is 1. The number of carbonyl (C=O) groups is 2. The number of rotatable bonds is 6. The Hall–Kier alpha value is -3.58. The Morgan fingerprint density at radius 3 is 2.64 bits per heavy atom. The quantitative estimate of drug-likeness (QED) is 0.334. The lowest BCUT2D eigenvalue weighted by Gasteiger charge is -2.17. The van der Waals surface area contributed by atoms with Gasteiger partial charge in [-0.05, 0) is 54.1 Å². The van der Waals surface area contributed by atoms with E-state index in [0.29, 0.717) is 39.6 Å². The Bertz CT molecular complexity index is 1230. The normalized spacial score (nSPS) is 16.2. The summed E-state index contributed by atoms with van der Waals surface area (Å²) in [5, 5.41) is 0.656. The molecule has 1 amide bonds. The highest BCUT2D eigenvalue weighted by atomic mass is 32.2. The van der Waals surface area contributed by atoms with Crippen molar-refractivity contribution < 1.29 is 18.7 Å². The summed E-state index contributed by atoms with van der Waals surface area (Å²) in [4.78, 5) is 31.9. The Kier molecular flexibility index (Phi) is 6.79.